The van der Waals surface area contributed by atoms with Gasteiger partial charge in [0.05, 0.1) is 5.56 Å². The van der Waals surface area contributed by atoms with Crippen molar-refractivity contribution in [1.82, 2.24) is 4.98 Å². The zero-order valence-corrected chi connectivity index (χ0v) is 6.25. The van der Waals surface area contributed by atoms with Crippen molar-refractivity contribution in [2.75, 3.05) is 0 Å². The van der Waals surface area contributed by atoms with Crippen LogP contribution >= 0.6 is 0 Å². The van der Waals surface area contributed by atoms with Gasteiger partial charge in [-0.15, -0.1) is 0 Å². The third-order valence-corrected chi connectivity index (χ3v) is 1.44. The third-order valence-electron chi connectivity index (χ3n) is 1.44. The number of pyridine rings is 1. The van der Waals surface area contributed by atoms with Gasteiger partial charge in [0, 0.05) is 11.6 Å². The minimum atomic E-state index is -3.00. The molecule has 1 aromatic rings. The average molecular weight is 189 g/mol. The van der Waals surface area contributed by atoms with Crippen molar-refractivity contribution in [2.24, 2.45) is 0 Å². The fourth-order valence-electron chi connectivity index (χ4n) is 0.903. The number of aromatic amines is 1. The van der Waals surface area contributed by atoms with E-state index in [0.717, 1.165) is 0 Å². The first kappa shape index (κ1) is 9.37. The van der Waals surface area contributed by atoms with Gasteiger partial charge in [0.15, 0.2) is 6.29 Å². The summed E-state index contributed by atoms with van der Waals surface area (Å²) in [6.45, 7) is 0. The Morgan fingerprint density at radius 1 is 1.54 bits per heavy atom. The SMILES string of the molecule is O=Cc1cc(=O)[nH]c(O)c1C(F)F. The lowest BCUT2D eigenvalue weighted by Gasteiger charge is -2.04. The zero-order chi connectivity index (χ0) is 10.0. The fourth-order valence-corrected chi connectivity index (χ4v) is 0.903. The van der Waals surface area contributed by atoms with Crippen LogP contribution in [0.25, 0.3) is 0 Å². The predicted molar refractivity (Wildman–Crippen MR) is 39.1 cm³/mol. The first-order valence-corrected chi connectivity index (χ1v) is 3.25. The van der Waals surface area contributed by atoms with Crippen molar-refractivity contribution in [3.05, 3.63) is 27.5 Å². The molecular formula is C7H5F2NO3. The summed E-state index contributed by atoms with van der Waals surface area (Å²) >= 11 is 0. The smallest absolute Gasteiger partial charge is 0.269 e. The van der Waals surface area contributed by atoms with E-state index in [-0.39, 0.29) is 6.29 Å². The molecule has 0 spiro atoms. The molecule has 1 heterocycles. The van der Waals surface area contributed by atoms with Crippen molar-refractivity contribution >= 4 is 6.29 Å². The number of hydrogen-bond acceptors (Lipinski definition) is 3. The van der Waals surface area contributed by atoms with Gasteiger partial charge in [0.25, 0.3) is 12.0 Å². The standard InChI is InChI=1S/C7H5F2NO3/c8-6(9)5-3(2-11)1-4(12)10-7(5)13/h1-2,6H,(H2,10,12,13). The van der Waals surface area contributed by atoms with E-state index in [0.29, 0.717) is 6.07 Å². The van der Waals surface area contributed by atoms with Crippen LogP contribution in [0.15, 0.2) is 10.9 Å². The molecule has 2 N–H and O–H groups in total. The highest BCUT2D eigenvalue weighted by Crippen LogP contribution is 2.27. The highest BCUT2D eigenvalue weighted by atomic mass is 19.3. The summed E-state index contributed by atoms with van der Waals surface area (Å²) < 4.78 is 24.3. The van der Waals surface area contributed by atoms with Gasteiger partial charge in [-0.25, -0.2) is 8.78 Å². The van der Waals surface area contributed by atoms with E-state index in [1.165, 1.54) is 0 Å². The first-order valence-electron chi connectivity index (χ1n) is 3.25. The molecule has 0 aliphatic carbocycles. The van der Waals surface area contributed by atoms with Crippen LogP contribution in [0.4, 0.5) is 8.78 Å². The second-order valence-corrected chi connectivity index (χ2v) is 2.27. The summed E-state index contributed by atoms with van der Waals surface area (Å²) in [5, 5.41) is 8.88. The summed E-state index contributed by atoms with van der Waals surface area (Å²) in [4.78, 5) is 22.6. The van der Waals surface area contributed by atoms with Gasteiger partial charge in [0.1, 0.15) is 0 Å². The van der Waals surface area contributed by atoms with Crippen molar-refractivity contribution in [1.29, 1.82) is 0 Å². The highest BCUT2D eigenvalue weighted by molar-refractivity contribution is 5.78. The summed E-state index contributed by atoms with van der Waals surface area (Å²) in [6, 6.07) is 0.703. The average Bonchev–Trinajstić information content (AvgIpc) is 2.01. The second kappa shape index (κ2) is 3.34. The number of aromatic nitrogens is 1. The Morgan fingerprint density at radius 3 is 2.62 bits per heavy atom. The Bertz CT molecular complexity index is 386. The number of aromatic hydroxyl groups is 1. The molecule has 70 valence electrons. The molecule has 13 heavy (non-hydrogen) atoms. The molecule has 0 saturated carbocycles. The normalized spacial score (nSPS) is 10.4. The van der Waals surface area contributed by atoms with E-state index in [2.05, 4.69) is 0 Å². The number of carbonyl (C=O) groups excluding carboxylic acids is 1. The number of hydrogen-bond donors (Lipinski definition) is 2. The molecule has 4 nitrogen and oxygen atoms in total. The second-order valence-electron chi connectivity index (χ2n) is 2.27. The van der Waals surface area contributed by atoms with E-state index in [1.54, 1.807) is 4.98 Å². The number of nitrogens with one attached hydrogen (secondary N) is 1. The molecule has 0 aliphatic rings. The molecule has 0 fully saturated rings. The van der Waals surface area contributed by atoms with Gasteiger partial charge in [-0.2, -0.15) is 0 Å². The monoisotopic (exact) mass is 189 g/mol. The quantitative estimate of drug-likeness (QED) is 0.677. The summed E-state index contributed by atoms with van der Waals surface area (Å²) in [7, 11) is 0. The lowest BCUT2D eigenvalue weighted by molar-refractivity contribution is 0.110. The maximum absolute atomic E-state index is 12.2. The molecule has 0 radical (unpaired) electrons. The largest absolute Gasteiger partial charge is 0.494 e. The van der Waals surface area contributed by atoms with Crippen molar-refractivity contribution < 1.29 is 18.7 Å². The van der Waals surface area contributed by atoms with Gasteiger partial charge in [-0.1, -0.05) is 0 Å². The van der Waals surface area contributed by atoms with Crippen LogP contribution in [0, 0.1) is 0 Å². The Kier molecular flexibility index (Phi) is 2.41. The molecule has 0 saturated heterocycles. The minimum absolute atomic E-state index is 0.0937. The van der Waals surface area contributed by atoms with Gasteiger partial charge < -0.3 is 5.11 Å². The summed E-state index contributed by atoms with van der Waals surface area (Å²) in [5.41, 5.74) is -2.16. The number of aldehydes is 1. The number of carbonyl (C=O) groups is 1. The molecular weight excluding hydrogens is 184 g/mol. The van der Waals surface area contributed by atoms with Crippen LogP contribution in [0.3, 0.4) is 0 Å². The topological polar surface area (TPSA) is 70.2 Å². The number of halogens is 2. The maximum Gasteiger partial charge on any atom is 0.269 e. The van der Waals surface area contributed by atoms with Crippen LogP contribution in [0.2, 0.25) is 0 Å². The van der Waals surface area contributed by atoms with E-state index < -0.39 is 29.0 Å². The molecule has 1 aromatic heterocycles. The maximum atomic E-state index is 12.2. The number of alkyl halides is 2. The molecule has 0 amide bonds. The van der Waals surface area contributed by atoms with Crippen molar-refractivity contribution in [2.45, 2.75) is 6.43 Å². The van der Waals surface area contributed by atoms with Gasteiger partial charge in [0.2, 0.25) is 5.88 Å². The lowest BCUT2D eigenvalue weighted by Crippen LogP contribution is -2.09. The van der Waals surface area contributed by atoms with E-state index >= 15 is 0 Å². The molecule has 6 heteroatoms. The van der Waals surface area contributed by atoms with E-state index in [9.17, 15) is 18.4 Å². The Morgan fingerprint density at radius 2 is 2.15 bits per heavy atom. The van der Waals surface area contributed by atoms with Crippen LogP contribution in [0.5, 0.6) is 5.88 Å². The molecule has 0 aromatic carbocycles. The fraction of sp³-hybridized carbons (Fsp3) is 0.143. The highest BCUT2D eigenvalue weighted by Gasteiger charge is 2.18. The third kappa shape index (κ3) is 1.71. The molecule has 0 aliphatic heterocycles. The van der Waals surface area contributed by atoms with Crippen LogP contribution < -0.4 is 5.56 Å². The Labute approximate surface area is 70.8 Å². The Balaban J connectivity index is 3.47. The zero-order valence-electron chi connectivity index (χ0n) is 6.25. The van der Waals surface area contributed by atoms with Crippen molar-refractivity contribution in [3.63, 3.8) is 0 Å². The number of H-pyrrole nitrogens is 1. The molecule has 1 rings (SSSR count). The van der Waals surface area contributed by atoms with Crippen molar-refractivity contribution in [3.8, 4) is 5.88 Å². The number of rotatable bonds is 2. The van der Waals surface area contributed by atoms with E-state index in [4.69, 9.17) is 5.11 Å². The van der Waals surface area contributed by atoms with Gasteiger partial charge >= 0.3 is 0 Å². The predicted octanol–water partition coefficient (Wildman–Crippen LogP) is 0.831. The van der Waals surface area contributed by atoms with Crippen LogP contribution in [-0.4, -0.2) is 16.4 Å². The molecule has 0 unspecified atom stereocenters. The minimum Gasteiger partial charge on any atom is -0.494 e. The van der Waals surface area contributed by atoms with Crippen LogP contribution in [0.1, 0.15) is 22.3 Å². The van der Waals surface area contributed by atoms with E-state index in [1.807, 2.05) is 0 Å². The molecule has 0 bridgehead atoms. The van der Waals surface area contributed by atoms with Gasteiger partial charge in [-0.05, 0) is 0 Å². The Hall–Kier alpha value is -1.72. The van der Waals surface area contributed by atoms with Gasteiger partial charge in [-0.3, -0.25) is 14.6 Å². The molecule has 0 atom stereocenters. The first-order chi connectivity index (χ1) is 6.06. The summed E-state index contributed by atoms with van der Waals surface area (Å²) in [6.07, 6.45) is -2.91. The summed E-state index contributed by atoms with van der Waals surface area (Å²) in [5.74, 6) is -0.968. The van der Waals surface area contributed by atoms with Crippen LogP contribution in [-0.2, 0) is 0 Å². The lowest BCUT2D eigenvalue weighted by atomic mass is 10.1.